The first kappa shape index (κ1) is 28.5. The van der Waals surface area contributed by atoms with Gasteiger partial charge >= 0.3 is 0 Å². The lowest BCUT2D eigenvalue weighted by Crippen LogP contribution is -2.34. The third kappa shape index (κ3) is 6.27. The van der Waals surface area contributed by atoms with Gasteiger partial charge in [-0.3, -0.25) is 0 Å². The Labute approximate surface area is 242 Å². The fraction of sp³-hybridized carbons (Fsp3) is 0.538. The number of aliphatic hydroxyl groups excluding tert-OH is 1. The van der Waals surface area contributed by atoms with E-state index in [1.165, 1.54) is 6.07 Å². The van der Waals surface area contributed by atoms with Crippen LogP contribution in [0.25, 0.3) is 11.2 Å². The van der Waals surface area contributed by atoms with Gasteiger partial charge in [-0.1, -0.05) is 11.6 Å². The summed E-state index contributed by atoms with van der Waals surface area (Å²) in [6, 6.07) is 3.85. The second-order valence-electron chi connectivity index (χ2n) is 10.6. The number of anilines is 1. The van der Waals surface area contributed by atoms with E-state index in [2.05, 4.69) is 24.6 Å². The second kappa shape index (κ2) is 11.9. The van der Waals surface area contributed by atoms with Crippen molar-refractivity contribution in [3.8, 4) is 11.9 Å². The first-order valence-corrected chi connectivity index (χ1v) is 15.0. The van der Waals surface area contributed by atoms with Crippen LogP contribution in [0.2, 0.25) is 5.02 Å². The molecule has 5 heterocycles. The van der Waals surface area contributed by atoms with E-state index in [9.17, 15) is 18.1 Å². The first-order chi connectivity index (χ1) is 19.7. The highest BCUT2D eigenvalue weighted by atomic mass is 35.5. The van der Waals surface area contributed by atoms with E-state index in [1.54, 1.807) is 0 Å². The maximum absolute atomic E-state index is 14.8. The van der Waals surface area contributed by atoms with E-state index in [0.717, 1.165) is 38.1 Å². The minimum Gasteiger partial charge on any atom is -0.471 e. The van der Waals surface area contributed by atoms with Gasteiger partial charge < -0.3 is 38.7 Å². The summed E-state index contributed by atoms with van der Waals surface area (Å²) in [4.78, 5) is 13.7. The van der Waals surface area contributed by atoms with E-state index in [1.807, 2.05) is 7.05 Å². The number of hydrogen-bond donors (Lipinski definition) is 3. The summed E-state index contributed by atoms with van der Waals surface area (Å²) in [7, 11) is 0.588. The van der Waals surface area contributed by atoms with Crippen LogP contribution in [-0.4, -0.2) is 92.7 Å². The number of fused-ring (bicyclic) bond motifs is 2. The number of aliphatic hydroxyl groups is 1. The SMILES string of the molecule is CN1CCC(CS(=O)Nc2cc(F)c(COc3nc4nc(O[C@@H]5CO[C@H]6[C@@H]5OC[C@H]6O)[nH]c4cc3Cl)c(F)c2)CC1. The van der Waals surface area contributed by atoms with Gasteiger partial charge in [-0.2, -0.15) is 9.97 Å². The molecule has 3 aliphatic heterocycles. The molecule has 1 aromatic carbocycles. The van der Waals surface area contributed by atoms with Crippen LogP contribution in [0.5, 0.6) is 11.9 Å². The normalized spacial score (nSPS) is 25.9. The summed E-state index contributed by atoms with van der Waals surface area (Å²) in [6.07, 6.45) is -0.167. The summed E-state index contributed by atoms with van der Waals surface area (Å²) < 4.78 is 67.5. The number of H-pyrrole nitrogens is 1. The molecule has 222 valence electrons. The first-order valence-electron chi connectivity index (χ1n) is 13.3. The number of aromatic amines is 1. The van der Waals surface area contributed by atoms with Gasteiger partial charge in [-0.05, 0) is 57.1 Å². The van der Waals surface area contributed by atoms with Gasteiger partial charge in [0.15, 0.2) is 11.8 Å². The molecule has 11 nitrogen and oxygen atoms in total. The Bertz CT molecular complexity index is 1420. The number of ether oxygens (including phenoxy) is 4. The maximum Gasteiger partial charge on any atom is 0.296 e. The topological polar surface area (TPSA) is 131 Å². The minimum absolute atomic E-state index is 0.0658. The molecule has 3 aliphatic rings. The van der Waals surface area contributed by atoms with Crippen LogP contribution in [0.15, 0.2) is 18.2 Å². The monoisotopic (exact) mass is 613 g/mol. The average molecular weight is 614 g/mol. The van der Waals surface area contributed by atoms with Crippen LogP contribution in [-0.2, 0) is 27.1 Å². The second-order valence-corrected chi connectivity index (χ2v) is 12.2. The molecule has 3 fully saturated rings. The molecule has 3 aromatic rings. The molecule has 41 heavy (non-hydrogen) atoms. The molecule has 15 heteroatoms. The summed E-state index contributed by atoms with van der Waals surface area (Å²) in [5.41, 5.74) is 0.444. The van der Waals surface area contributed by atoms with Crippen molar-refractivity contribution in [3.05, 3.63) is 40.4 Å². The molecular weight excluding hydrogens is 584 g/mol. The van der Waals surface area contributed by atoms with Crippen molar-refractivity contribution in [3.63, 3.8) is 0 Å². The van der Waals surface area contributed by atoms with E-state index >= 15 is 0 Å². The Hall–Kier alpha value is -2.62. The fourth-order valence-electron chi connectivity index (χ4n) is 5.28. The van der Waals surface area contributed by atoms with E-state index in [-0.39, 0.29) is 47.0 Å². The maximum atomic E-state index is 14.8. The number of halogens is 3. The summed E-state index contributed by atoms with van der Waals surface area (Å²) >= 11 is 6.31. The van der Waals surface area contributed by atoms with Crippen LogP contribution in [0.4, 0.5) is 14.5 Å². The van der Waals surface area contributed by atoms with Crippen molar-refractivity contribution in [2.75, 3.05) is 43.8 Å². The average Bonchev–Trinajstić information content (AvgIpc) is 3.61. The highest BCUT2D eigenvalue weighted by Gasteiger charge is 2.48. The van der Waals surface area contributed by atoms with E-state index in [4.69, 9.17) is 30.5 Å². The predicted octanol–water partition coefficient (Wildman–Crippen LogP) is 2.79. The van der Waals surface area contributed by atoms with Crippen LogP contribution >= 0.6 is 11.6 Å². The molecule has 0 radical (unpaired) electrons. The molecule has 2 aromatic heterocycles. The van der Waals surface area contributed by atoms with Gasteiger partial charge in [0, 0.05) is 5.75 Å². The fourth-order valence-corrected chi connectivity index (χ4v) is 6.71. The summed E-state index contributed by atoms with van der Waals surface area (Å²) in [6.45, 7) is 1.80. The van der Waals surface area contributed by atoms with Crippen LogP contribution in [0.1, 0.15) is 18.4 Å². The molecule has 0 amide bonds. The van der Waals surface area contributed by atoms with Crippen molar-refractivity contribution in [1.29, 1.82) is 0 Å². The lowest BCUT2D eigenvalue weighted by atomic mass is 10.00. The molecule has 0 bridgehead atoms. The summed E-state index contributed by atoms with van der Waals surface area (Å²) in [5, 5.41) is 10.0. The van der Waals surface area contributed by atoms with E-state index < -0.39 is 53.6 Å². The zero-order valence-electron chi connectivity index (χ0n) is 22.1. The molecule has 0 aliphatic carbocycles. The van der Waals surface area contributed by atoms with Crippen LogP contribution < -0.4 is 14.2 Å². The van der Waals surface area contributed by atoms with Gasteiger partial charge in [0.05, 0.1) is 30.0 Å². The Morgan fingerprint density at radius 1 is 1.17 bits per heavy atom. The Balaban J connectivity index is 1.08. The highest BCUT2D eigenvalue weighted by Crippen LogP contribution is 2.32. The van der Waals surface area contributed by atoms with Gasteiger partial charge in [0.1, 0.15) is 52.6 Å². The standard InChI is InChI=1S/C26H30ClF2N5O6S/c1-34-4-2-13(3-5-34)12-41(36)33-14-6-17(28)15(18(29)7-14)9-39-25-16(27)8-19-24(31-25)32-26(30-19)40-21-11-38-22-20(35)10-37-23(21)22/h6-8,13,20-23,33,35H,2-5,9-12H2,1H3,(H,30,31,32)/t20-,21-,22-,23-,41?/m1/s1. The molecule has 1 unspecified atom stereocenters. The number of benzene rings is 1. The molecule has 0 spiro atoms. The van der Waals surface area contributed by atoms with Crippen molar-refractivity contribution in [1.82, 2.24) is 19.9 Å². The quantitative estimate of drug-likeness (QED) is 0.333. The van der Waals surface area contributed by atoms with Crippen molar-refractivity contribution in [2.45, 2.75) is 43.9 Å². The highest BCUT2D eigenvalue weighted by molar-refractivity contribution is 7.86. The number of aromatic nitrogens is 3. The van der Waals surface area contributed by atoms with Gasteiger partial charge in [0.2, 0.25) is 5.88 Å². The number of nitrogens with one attached hydrogen (secondary N) is 2. The Morgan fingerprint density at radius 3 is 2.66 bits per heavy atom. The van der Waals surface area contributed by atoms with Gasteiger partial charge in [0.25, 0.3) is 6.01 Å². The zero-order valence-corrected chi connectivity index (χ0v) is 23.7. The van der Waals surface area contributed by atoms with Crippen LogP contribution in [0.3, 0.4) is 0 Å². The van der Waals surface area contributed by atoms with Gasteiger partial charge in [-0.25, -0.2) is 13.0 Å². The minimum atomic E-state index is -1.46. The molecule has 3 N–H and O–H groups in total. The van der Waals surface area contributed by atoms with E-state index in [0.29, 0.717) is 17.2 Å². The van der Waals surface area contributed by atoms with Crippen molar-refractivity contribution < 1.29 is 37.0 Å². The lowest BCUT2D eigenvalue weighted by molar-refractivity contribution is 0.00706. The number of nitrogens with zero attached hydrogens (tertiary/aromatic N) is 3. The van der Waals surface area contributed by atoms with Crippen molar-refractivity contribution >= 4 is 39.4 Å². The van der Waals surface area contributed by atoms with Gasteiger partial charge in [-0.15, -0.1) is 0 Å². The number of hydrogen-bond acceptors (Lipinski definition) is 9. The molecule has 6 rings (SSSR count). The molecule has 0 saturated carbocycles. The Morgan fingerprint density at radius 2 is 1.90 bits per heavy atom. The van der Waals surface area contributed by atoms with Crippen molar-refractivity contribution in [2.24, 2.45) is 5.92 Å². The third-order valence-electron chi connectivity index (χ3n) is 7.57. The third-order valence-corrected chi connectivity index (χ3v) is 9.08. The lowest BCUT2D eigenvalue weighted by Gasteiger charge is -2.28. The number of likely N-dealkylation sites (tertiary alicyclic amines) is 1. The molecule has 5 atom stereocenters. The molecular formula is C26H30ClF2N5O6S. The number of rotatable bonds is 9. The van der Waals surface area contributed by atoms with Crippen LogP contribution in [0, 0.1) is 17.6 Å². The molecule has 3 saturated heterocycles. The summed E-state index contributed by atoms with van der Waals surface area (Å²) in [5.74, 6) is -1.06. The number of piperidine rings is 1. The largest absolute Gasteiger partial charge is 0.471 e. The Kier molecular flexibility index (Phi) is 8.30. The number of imidazole rings is 1. The number of pyridine rings is 1. The smallest absolute Gasteiger partial charge is 0.296 e. The zero-order chi connectivity index (χ0) is 28.7. The predicted molar refractivity (Wildman–Crippen MR) is 146 cm³/mol.